The minimum absolute atomic E-state index is 0. The highest BCUT2D eigenvalue weighted by molar-refractivity contribution is 5.85. The number of hydrogen-bond donors (Lipinski definition) is 5. The summed E-state index contributed by atoms with van der Waals surface area (Å²) in [6.45, 7) is 3.28. The van der Waals surface area contributed by atoms with E-state index in [4.69, 9.17) is 9.63 Å². The topological polar surface area (TPSA) is 136 Å². The summed E-state index contributed by atoms with van der Waals surface area (Å²) in [5.74, 6) is 1.28. The maximum atomic E-state index is 9.91. The molecule has 0 unspecified atom stereocenters. The highest BCUT2D eigenvalue weighted by Gasteiger charge is 2.27. The Labute approximate surface area is 133 Å². The number of nitrogens with one attached hydrogen (secondary N) is 1. The molecule has 0 amide bonds. The number of H-pyrrole nitrogens is 1. The minimum Gasteiger partial charge on any atom is -0.394 e. The van der Waals surface area contributed by atoms with Gasteiger partial charge in [-0.2, -0.15) is 0 Å². The number of halogens is 1. The van der Waals surface area contributed by atoms with Crippen molar-refractivity contribution in [3.05, 3.63) is 23.7 Å². The van der Waals surface area contributed by atoms with E-state index in [-0.39, 0.29) is 24.0 Å². The molecule has 2 rings (SSSR count). The molecule has 0 aliphatic rings. The lowest BCUT2D eigenvalue weighted by atomic mass is 10.1. The highest BCUT2D eigenvalue weighted by atomic mass is 35.5. The first-order valence-corrected chi connectivity index (χ1v) is 6.61. The van der Waals surface area contributed by atoms with Crippen molar-refractivity contribution in [1.29, 1.82) is 0 Å². The van der Waals surface area contributed by atoms with Crippen molar-refractivity contribution >= 4 is 12.4 Å². The van der Waals surface area contributed by atoms with Crippen molar-refractivity contribution in [2.75, 3.05) is 6.61 Å². The van der Waals surface area contributed by atoms with Crippen LogP contribution in [-0.4, -0.2) is 54.4 Å². The molecule has 2 aromatic rings. The lowest BCUT2D eigenvalue weighted by molar-refractivity contribution is -0.0788. The molecule has 8 nitrogen and oxygen atoms in total. The quantitative estimate of drug-likeness (QED) is 0.515. The van der Waals surface area contributed by atoms with Crippen LogP contribution < -0.4 is 0 Å². The van der Waals surface area contributed by atoms with Gasteiger partial charge in [-0.3, -0.25) is 0 Å². The number of aromatic amines is 1. The fourth-order valence-electron chi connectivity index (χ4n) is 1.79. The molecule has 0 bridgehead atoms. The van der Waals surface area contributed by atoms with E-state index in [1.54, 1.807) is 6.07 Å². The van der Waals surface area contributed by atoms with Gasteiger partial charge >= 0.3 is 0 Å². The molecule has 3 atom stereocenters. The second-order valence-corrected chi connectivity index (χ2v) is 5.14. The molecule has 0 aromatic carbocycles. The summed E-state index contributed by atoms with van der Waals surface area (Å²) in [5, 5.41) is 41.5. The van der Waals surface area contributed by atoms with Crippen LogP contribution >= 0.6 is 12.4 Å². The zero-order chi connectivity index (χ0) is 15.6. The molecule has 0 aliphatic carbocycles. The summed E-state index contributed by atoms with van der Waals surface area (Å²) in [5.41, 5.74) is 0.688. The highest BCUT2D eigenvalue weighted by Crippen LogP contribution is 2.24. The van der Waals surface area contributed by atoms with E-state index in [0.717, 1.165) is 0 Å². The van der Waals surface area contributed by atoms with Crippen molar-refractivity contribution in [2.24, 2.45) is 0 Å². The molecule has 2 heterocycles. The van der Waals surface area contributed by atoms with Crippen molar-refractivity contribution in [3.63, 3.8) is 0 Å². The Morgan fingerprint density at radius 2 is 1.95 bits per heavy atom. The maximum absolute atomic E-state index is 9.91. The predicted octanol–water partition coefficient (Wildman–Crippen LogP) is 0.357. The normalized spacial score (nSPS) is 15.4. The number of aliphatic hydroxyl groups excluding tert-OH is 4. The summed E-state index contributed by atoms with van der Waals surface area (Å²) >= 11 is 0. The van der Waals surface area contributed by atoms with Gasteiger partial charge in [0.25, 0.3) is 0 Å². The van der Waals surface area contributed by atoms with E-state index >= 15 is 0 Å². The Kier molecular flexibility index (Phi) is 6.51. The third-order valence-electron chi connectivity index (χ3n) is 3.16. The molecule has 0 fully saturated rings. The van der Waals surface area contributed by atoms with Crippen LogP contribution in [0, 0.1) is 0 Å². The van der Waals surface area contributed by atoms with E-state index in [2.05, 4.69) is 15.1 Å². The smallest absolute Gasteiger partial charge is 0.159 e. The fourth-order valence-corrected chi connectivity index (χ4v) is 1.79. The third-order valence-corrected chi connectivity index (χ3v) is 3.16. The van der Waals surface area contributed by atoms with Gasteiger partial charge in [0.1, 0.15) is 29.8 Å². The standard InChI is InChI=1S/C13H19N3O5.ClH/c1-6(2)10-3-7(16-21-10)13-14-4-8(15-13)11(19)12(20)9(18)5-17;/h3-4,6,9,11-12,17-20H,5H2,1-2H3,(H,14,15);1H/t9-,11-,12-;/m1./s1. The van der Waals surface area contributed by atoms with E-state index in [1.807, 2.05) is 13.8 Å². The number of aromatic nitrogens is 3. The Hall–Kier alpha value is -1.45. The lowest BCUT2D eigenvalue weighted by Crippen LogP contribution is -2.34. The van der Waals surface area contributed by atoms with Crippen LogP contribution in [0.5, 0.6) is 0 Å². The van der Waals surface area contributed by atoms with Gasteiger partial charge in [-0.1, -0.05) is 19.0 Å². The van der Waals surface area contributed by atoms with E-state index < -0.39 is 24.9 Å². The second kappa shape index (κ2) is 7.70. The van der Waals surface area contributed by atoms with Crippen LogP contribution in [0.15, 0.2) is 16.8 Å². The first-order chi connectivity index (χ1) is 9.93. The molecule has 5 N–H and O–H groups in total. The molecule has 0 radical (unpaired) electrons. The van der Waals surface area contributed by atoms with Gasteiger partial charge in [-0.05, 0) is 0 Å². The second-order valence-electron chi connectivity index (χ2n) is 5.14. The Balaban J connectivity index is 0.00000242. The van der Waals surface area contributed by atoms with Crippen LogP contribution in [0.1, 0.15) is 37.3 Å². The summed E-state index contributed by atoms with van der Waals surface area (Å²) in [6.07, 6.45) is -3.03. The average Bonchev–Trinajstić information content (AvgIpc) is 3.12. The Morgan fingerprint density at radius 1 is 1.27 bits per heavy atom. The minimum atomic E-state index is -1.52. The Bertz CT molecular complexity index is 586. The van der Waals surface area contributed by atoms with Crippen molar-refractivity contribution in [3.8, 4) is 11.5 Å². The monoisotopic (exact) mass is 333 g/mol. The van der Waals surface area contributed by atoms with E-state index in [1.165, 1.54) is 6.20 Å². The number of nitrogens with zero attached hydrogens (tertiary/aromatic N) is 2. The van der Waals surface area contributed by atoms with Gasteiger partial charge in [0.05, 0.1) is 18.5 Å². The molecule has 9 heteroatoms. The van der Waals surface area contributed by atoms with Crippen LogP contribution in [-0.2, 0) is 0 Å². The molecule has 0 aliphatic heterocycles. The summed E-state index contributed by atoms with van der Waals surface area (Å²) in [6, 6.07) is 1.73. The number of aliphatic hydroxyl groups is 4. The van der Waals surface area contributed by atoms with Gasteiger partial charge in [0.15, 0.2) is 5.82 Å². The van der Waals surface area contributed by atoms with Crippen LogP contribution in [0.25, 0.3) is 11.5 Å². The maximum Gasteiger partial charge on any atom is 0.159 e. The first kappa shape index (κ1) is 18.6. The van der Waals surface area contributed by atoms with Crippen LogP contribution in [0.3, 0.4) is 0 Å². The Morgan fingerprint density at radius 3 is 2.50 bits per heavy atom. The largest absolute Gasteiger partial charge is 0.394 e. The van der Waals surface area contributed by atoms with Crippen LogP contribution in [0.4, 0.5) is 0 Å². The SMILES string of the molecule is CC(C)c1cc(-c2ncc([C@@H](O)[C@H](O)[C@H](O)CO)[nH]2)no1.Cl. The van der Waals surface area contributed by atoms with E-state index in [9.17, 15) is 15.3 Å². The molecular formula is C13H20ClN3O5. The van der Waals surface area contributed by atoms with Gasteiger partial charge in [0, 0.05) is 12.0 Å². The average molecular weight is 334 g/mol. The molecule has 2 aromatic heterocycles. The van der Waals surface area contributed by atoms with Crippen molar-refractivity contribution in [2.45, 2.75) is 38.1 Å². The number of rotatable bonds is 6. The molecule has 124 valence electrons. The molecular weight excluding hydrogens is 314 g/mol. The fraction of sp³-hybridized carbons (Fsp3) is 0.538. The predicted molar refractivity (Wildman–Crippen MR) is 79.5 cm³/mol. The van der Waals surface area contributed by atoms with Gasteiger partial charge < -0.3 is 29.9 Å². The van der Waals surface area contributed by atoms with Crippen molar-refractivity contribution in [1.82, 2.24) is 15.1 Å². The zero-order valence-electron chi connectivity index (χ0n) is 12.2. The third kappa shape index (κ3) is 3.84. The van der Waals surface area contributed by atoms with Gasteiger partial charge in [-0.25, -0.2) is 4.98 Å². The van der Waals surface area contributed by atoms with Crippen molar-refractivity contribution < 1.29 is 24.9 Å². The molecule has 0 saturated heterocycles. The molecule has 22 heavy (non-hydrogen) atoms. The molecule has 0 saturated carbocycles. The first-order valence-electron chi connectivity index (χ1n) is 6.61. The van der Waals surface area contributed by atoms with Gasteiger partial charge in [-0.15, -0.1) is 12.4 Å². The zero-order valence-corrected chi connectivity index (χ0v) is 13.0. The van der Waals surface area contributed by atoms with Gasteiger partial charge in [0.2, 0.25) is 0 Å². The molecule has 0 spiro atoms. The van der Waals surface area contributed by atoms with Crippen LogP contribution in [0.2, 0.25) is 0 Å². The number of imidazole rings is 1. The summed E-state index contributed by atoms with van der Waals surface area (Å²) in [4.78, 5) is 6.86. The summed E-state index contributed by atoms with van der Waals surface area (Å²) < 4.78 is 5.16. The van der Waals surface area contributed by atoms with E-state index in [0.29, 0.717) is 17.3 Å². The number of hydrogen-bond acceptors (Lipinski definition) is 7. The summed E-state index contributed by atoms with van der Waals surface area (Å²) in [7, 11) is 0. The lowest BCUT2D eigenvalue weighted by Gasteiger charge is -2.20.